The molecular weight excluding hydrogens is 356 g/mol. The minimum absolute atomic E-state index is 0.0494. The van der Waals surface area contributed by atoms with Crippen LogP contribution in [-0.2, 0) is 6.54 Å². The number of aryl methyl sites for hydroxylation is 1. The monoisotopic (exact) mass is 376 g/mol. The molecule has 6 nitrogen and oxygen atoms in total. The maximum absolute atomic E-state index is 12.6. The Hall–Kier alpha value is -1.90. The number of nitrogens with two attached hydrogens (primary N) is 1. The molecule has 3 N–H and O–H groups in total. The maximum atomic E-state index is 12.6. The molecule has 2 amide bonds. The van der Waals surface area contributed by atoms with Gasteiger partial charge in [0.05, 0.1) is 0 Å². The van der Waals surface area contributed by atoms with E-state index in [2.05, 4.69) is 10.3 Å². The Kier molecular flexibility index (Phi) is 5.72. The fraction of sp³-hybridized carbons (Fsp3) is 0.353. The summed E-state index contributed by atoms with van der Waals surface area (Å²) in [4.78, 5) is 30.9. The van der Waals surface area contributed by atoms with E-state index in [1.54, 1.807) is 17.5 Å². The Morgan fingerprint density at radius 3 is 2.72 bits per heavy atom. The fourth-order valence-electron chi connectivity index (χ4n) is 2.58. The maximum Gasteiger partial charge on any atom is 0.275 e. The third-order valence-electron chi connectivity index (χ3n) is 3.98. The number of amides is 2. The first kappa shape index (κ1) is 17.9. The van der Waals surface area contributed by atoms with Crippen molar-refractivity contribution in [1.29, 1.82) is 0 Å². The molecule has 0 radical (unpaired) electrons. The Labute approximate surface area is 154 Å². The fourth-order valence-corrected chi connectivity index (χ4v) is 4.14. The molecule has 132 valence electrons. The molecule has 8 heteroatoms. The van der Waals surface area contributed by atoms with Crippen molar-refractivity contribution in [1.82, 2.24) is 9.88 Å². The molecule has 0 spiro atoms. The zero-order valence-corrected chi connectivity index (χ0v) is 15.6. The third kappa shape index (κ3) is 4.20. The van der Waals surface area contributed by atoms with Gasteiger partial charge in [0.25, 0.3) is 11.8 Å². The third-order valence-corrected chi connectivity index (χ3v) is 5.79. The van der Waals surface area contributed by atoms with Crippen LogP contribution in [0, 0.1) is 6.92 Å². The van der Waals surface area contributed by atoms with E-state index >= 15 is 0 Å². The lowest BCUT2D eigenvalue weighted by Gasteiger charge is -2.26. The van der Waals surface area contributed by atoms with Gasteiger partial charge in [-0.05, 0) is 30.7 Å². The van der Waals surface area contributed by atoms with Crippen molar-refractivity contribution in [3.63, 3.8) is 0 Å². The van der Waals surface area contributed by atoms with Crippen molar-refractivity contribution in [2.75, 3.05) is 29.9 Å². The summed E-state index contributed by atoms with van der Waals surface area (Å²) in [5.74, 6) is 1.74. The normalized spacial score (nSPS) is 14.4. The van der Waals surface area contributed by atoms with E-state index in [4.69, 9.17) is 5.73 Å². The van der Waals surface area contributed by atoms with E-state index in [1.807, 2.05) is 29.7 Å². The second kappa shape index (κ2) is 7.99. The predicted octanol–water partition coefficient (Wildman–Crippen LogP) is 2.35. The molecule has 1 aromatic heterocycles. The van der Waals surface area contributed by atoms with Crippen LogP contribution >= 0.6 is 23.1 Å². The smallest absolute Gasteiger partial charge is 0.275 e. The molecule has 0 bridgehead atoms. The van der Waals surface area contributed by atoms with Gasteiger partial charge in [-0.1, -0.05) is 0 Å². The van der Waals surface area contributed by atoms with Crippen LogP contribution in [0.3, 0.4) is 0 Å². The van der Waals surface area contributed by atoms with Gasteiger partial charge in [0.1, 0.15) is 10.7 Å². The number of benzene rings is 1. The molecule has 1 fully saturated rings. The average Bonchev–Trinajstić information content (AvgIpc) is 3.13. The Balaban J connectivity index is 1.71. The van der Waals surface area contributed by atoms with Gasteiger partial charge in [0.15, 0.2) is 0 Å². The number of hydrogen-bond acceptors (Lipinski definition) is 6. The van der Waals surface area contributed by atoms with Crippen LogP contribution in [0.15, 0.2) is 23.6 Å². The number of anilines is 1. The van der Waals surface area contributed by atoms with Crippen LogP contribution in [0.2, 0.25) is 0 Å². The topological polar surface area (TPSA) is 88.3 Å². The average molecular weight is 377 g/mol. The van der Waals surface area contributed by atoms with Crippen molar-refractivity contribution < 1.29 is 9.59 Å². The summed E-state index contributed by atoms with van der Waals surface area (Å²) in [7, 11) is 0. The number of aromatic nitrogens is 1. The first-order valence-corrected chi connectivity index (χ1v) is 10.1. The predicted molar refractivity (Wildman–Crippen MR) is 102 cm³/mol. The second-order valence-corrected chi connectivity index (χ2v) is 7.89. The van der Waals surface area contributed by atoms with Gasteiger partial charge in [-0.25, -0.2) is 4.98 Å². The molecule has 1 saturated heterocycles. The Morgan fingerprint density at radius 1 is 1.32 bits per heavy atom. The summed E-state index contributed by atoms with van der Waals surface area (Å²) >= 11 is 3.24. The van der Waals surface area contributed by atoms with Crippen LogP contribution in [-0.4, -0.2) is 46.3 Å². The highest BCUT2D eigenvalue weighted by molar-refractivity contribution is 7.99. The lowest BCUT2D eigenvalue weighted by Crippen LogP contribution is -2.37. The molecular formula is C17H20N4O2S2. The molecule has 25 heavy (non-hydrogen) atoms. The van der Waals surface area contributed by atoms with Crippen molar-refractivity contribution in [2.24, 2.45) is 5.73 Å². The number of nitrogens with one attached hydrogen (secondary N) is 1. The van der Waals surface area contributed by atoms with E-state index in [1.165, 1.54) is 11.3 Å². The number of nitrogens with zero attached hydrogens (tertiary/aromatic N) is 2. The SMILES string of the molecule is Cc1cc(C(=O)N2CCSCC2)ccc1NC(=O)c1csc(CN)n1. The van der Waals surface area contributed by atoms with E-state index in [0.717, 1.165) is 35.2 Å². The van der Waals surface area contributed by atoms with Crippen LogP contribution in [0.5, 0.6) is 0 Å². The largest absolute Gasteiger partial charge is 0.337 e. The molecule has 1 aromatic carbocycles. The van der Waals surface area contributed by atoms with Crippen molar-refractivity contribution in [3.05, 3.63) is 45.4 Å². The van der Waals surface area contributed by atoms with Crippen molar-refractivity contribution in [2.45, 2.75) is 13.5 Å². The molecule has 0 saturated carbocycles. The van der Waals surface area contributed by atoms with E-state index < -0.39 is 0 Å². The molecule has 0 unspecified atom stereocenters. The molecule has 1 aliphatic heterocycles. The number of hydrogen-bond donors (Lipinski definition) is 2. The highest BCUT2D eigenvalue weighted by atomic mass is 32.2. The second-order valence-electron chi connectivity index (χ2n) is 5.72. The Morgan fingerprint density at radius 2 is 2.08 bits per heavy atom. The molecule has 2 heterocycles. The van der Waals surface area contributed by atoms with E-state index in [-0.39, 0.29) is 11.8 Å². The highest BCUT2D eigenvalue weighted by Crippen LogP contribution is 2.20. The van der Waals surface area contributed by atoms with Crippen LogP contribution < -0.4 is 11.1 Å². The lowest BCUT2D eigenvalue weighted by atomic mass is 10.1. The molecule has 2 aromatic rings. The molecule has 3 rings (SSSR count). The molecule has 0 aliphatic carbocycles. The van der Waals surface area contributed by atoms with Crippen LogP contribution in [0.4, 0.5) is 5.69 Å². The van der Waals surface area contributed by atoms with Gasteiger partial charge in [-0.2, -0.15) is 11.8 Å². The standard InChI is InChI=1S/C17H20N4O2S2/c1-11-8-12(17(23)21-4-6-24-7-5-21)2-3-13(11)20-16(22)14-10-25-15(9-18)19-14/h2-3,8,10H,4-7,9,18H2,1H3,(H,20,22). The Bertz CT molecular complexity index is 785. The van der Waals surface area contributed by atoms with Crippen molar-refractivity contribution in [3.8, 4) is 0 Å². The summed E-state index contributed by atoms with van der Waals surface area (Å²) in [6.07, 6.45) is 0. The zero-order chi connectivity index (χ0) is 17.8. The van der Waals surface area contributed by atoms with Gasteiger partial charge < -0.3 is 16.0 Å². The van der Waals surface area contributed by atoms with E-state index in [0.29, 0.717) is 23.5 Å². The van der Waals surface area contributed by atoms with Gasteiger partial charge >= 0.3 is 0 Å². The quantitative estimate of drug-likeness (QED) is 0.855. The van der Waals surface area contributed by atoms with Gasteiger partial charge in [-0.15, -0.1) is 11.3 Å². The number of thiazole rings is 1. The summed E-state index contributed by atoms with van der Waals surface area (Å²) in [6.45, 7) is 3.77. The summed E-state index contributed by atoms with van der Waals surface area (Å²) < 4.78 is 0. The van der Waals surface area contributed by atoms with Crippen molar-refractivity contribution >= 4 is 40.6 Å². The van der Waals surface area contributed by atoms with E-state index in [9.17, 15) is 9.59 Å². The van der Waals surface area contributed by atoms with Crippen LogP contribution in [0.25, 0.3) is 0 Å². The summed E-state index contributed by atoms with van der Waals surface area (Å²) in [6, 6.07) is 5.36. The number of carbonyl (C=O) groups is 2. The summed E-state index contributed by atoms with van der Waals surface area (Å²) in [5.41, 5.74) is 8.06. The first-order valence-electron chi connectivity index (χ1n) is 8.02. The number of rotatable bonds is 4. The van der Waals surface area contributed by atoms with Gasteiger partial charge in [-0.3, -0.25) is 9.59 Å². The summed E-state index contributed by atoms with van der Waals surface area (Å²) in [5, 5.41) is 5.26. The first-order chi connectivity index (χ1) is 12.1. The lowest BCUT2D eigenvalue weighted by molar-refractivity contribution is 0.0772. The van der Waals surface area contributed by atoms with Gasteiger partial charge in [0.2, 0.25) is 0 Å². The molecule has 1 aliphatic rings. The minimum Gasteiger partial charge on any atom is -0.337 e. The highest BCUT2D eigenvalue weighted by Gasteiger charge is 2.19. The zero-order valence-electron chi connectivity index (χ0n) is 13.9. The number of thioether (sulfide) groups is 1. The van der Waals surface area contributed by atoms with Gasteiger partial charge in [0, 0.05) is 47.8 Å². The molecule has 0 atom stereocenters. The number of carbonyl (C=O) groups excluding carboxylic acids is 2. The minimum atomic E-state index is -0.272. The van der Waals surface area contributed by atoms with Crippen LogP contribution in [0.1, 0.15) is 31.4 Å².